The first kappa shape index (κ1) is 23.7. The van der Waals surface area contributed by atoms with Crippen molar-refractivity contribution in [3.05, 3.63) is 101 Å². The number of amides is 3. The SMILES string of the molecule is C[C@@H](C(=O)Nc1cccc(C(=O)O)c1)N1C(=O)[C@@H]2[C@H](C1=O)C1(Cl)c3ccccc3C2(Cl)c2ccccc21. The van der Waals surface area contributed by atoms with Crippen molar-refractivity contribution in [1.82, 2.24) is 4.90 Å². The number of carbonyl (C=O) groups excluding carboxylic acids is 3. The minimum Gasteiger partial charge on any atom is -0.478 e. The molecule has 7 nitrogen and oxygen atoms in total. The van der Waals surface area contributed by atoms with E-state index >= 15 is 0 Å². The van der Waals surface area contributed by atoms with Crippen molar-refractivity contribution >= 4 is 52.6 Å². The Morgan fingerprint density at radius 1 is 0.838 bits per heavy atom. The van der Waals surface area contributed by atoms with Gasteiger partial charge < -0.3 is 10.4 Å². The maximum absolute atomic E-state index is 14.0. The summed E-state index contributed by atoms with van der Waals surface area (Å²) in [5, 5.41) is 11.8. The van der Waals surface area contributed by atoms with E-state index in [1.54, 1.807) is 0 Å². The van der Waals surface area contributed by atoms with Gasteiger partial charge in [0.25, 0.3) is 0 Å². The van der Waals surface area contributed by atoms with Gasteiger partial charge in [0.15, 0.2) is 0 Å². The fraction of sp³-hybridized carbons (Fsp3) is 0.214. The summed E-state index contributed by atoms with van der Waals surface area (Å²) >= 11 is 14.8. The van der Waals surface area contributed by atoms with E-state index in [-0.39, 0.29) is 11.3 Å². The molecule has 0 radical (unpaired) electrons. The van der Waals surface area contributed by atoms with E-state index in [1.165, 1.54) is 31.2 Å². The van der Waals surface area contributed by atoms with Gasteiger partial charge in [-0.25, -0.2) is 4.79 Å². The van der Waals surface area contributed by atoms with Crippen LogP contribution in [0.15, 0.2) is 72.8 Å². The Labute approximate surface area is 222 Å². The molecule has 3 atom stereocenters. The normalized spacial score (nSPS) is 27.8. The number of aromatic carboxylic acids is 1. The summed E-state index contributed by atoms with van der Waals surface area (Å²) < 4.78 is 0. The van der Waals surface area contributed by atoms with Gasteiger partial charge in [-0.1, -0.05) is 54.6 Å². The number of carboxylic acid groups (broad SMARTS) is 1. The summed E-state index contributed by atoms with van der Waals surface area (Å²) in [7, 11) is 0. The Morgan fingerprint density at radius 3 is 1.73 bits per heavy atom. The largest absolute Gasteiger partial charge is 0.478 e. The first-order valence-corrected chi connectivity index (χ1v) is 12.5. The van der Waals surface area contributed by atoms with Crippen LogP contribution in [0.2, 0.25) is 0 Å². The van der Waals surface area contributed by atoms with Crippen LogP contribution in [0.25, 0.3) is 0 Å². The second kappa shape index (κ2) is 7.91. The number of carboxylic acids is 1. The number of anilines is 1. The van der Waals surface area contributed by atoms with Gasteiger partial charge in [-0.2, -0.15) is 0 Å². The van der Waals surface area contributed by atoms with Crippen LogP contribution in [0.5, 0.6) is 0 Å². The van der Waals surface area contributed by atoms with Crippen LogP contribution in [0.3, 0.4) is 0 Å². The molecule has 0 spiro atoms. The van der Waals surface area contributed by atoms with E-state index in [1.807, 2.05) is 48.5 Å². The van der Waals surface area contributed by atoms with Crippen molar-refractivity contribution in [2.75, 3.05) is 5.32 Å². The number of rotatable bonds is 4. The second-order valence-corrected chi connectivity index (χ2v) is 10.8. The highest BCUT2D eigenvalue weighted by atomic mass is 35.5. The van der Waals surface area contributed by atoms with E-state index in [2.05, 4.69) is 5.32 Å². The van der Waals surface area contributed by atoms with Crippen molar-refractivity contribution in [3.8, 4) is 0 Å². The fourth-order valence-electron chi connectivity index (χ4n) is 6.16. The van der Waals surface area contributed by atoms with Gasteiger partial charge >= 0.3 is 5.97 Å². The molecule has 2 N–H and O–H groups in total. The van der Waals surface area contributed by atoms with Gasteiger partial charge in [0.05, 0.1) is 17.4 Å². The van der Waals surface area contributed by atoms with Crippen LogP contribution in [-0.2, 0) is 24.1 Å². The molecule has 3 aromatic rings. The highest BCUT2D eigenvalue weighted by molar-refractivity contribution is 6.36. The van der Waals surface area contributed by atoms with E-state index in [0.29, 0.717) is 22.3 Å². The molecule has 0 unspecified atom stereocenters. The molecule has 2 bridgehead atoms. The van der Waals surface area contributed by atoms with E-state index in [4.69, 9.17) is 23.2 Å². The van der Waals surface area contributed by atoms with Gasteiger partial charge in [0.1, 0.15) is 15.8 Å². The predicted octanol–water partition coefficient (Wildman–Crippen LogP) is 4.31. The minimum absolute atomic E-state index is 0.00920. The summed E-state index contributed by atoms with van der Waals surface area (Å²) in [5.41, 5.74) is 2.93. The van der Waals surface area contributed by atoms with Gasteiger partial charge in [-0.05, 0) is 47.4 Å². The molecule has 3 aliphatic carbocycles. The summed E-state index contributed by atoms with van der Waals surface area (Å²) in [6, 6.07) is 19.1. The average Bonchev–Trinajstić information content (AvgIpc) is 3.17. The molecule has 37 heavy (non-hydrogen) atoms. The first-order chi connectivity index (χ1) is 17.6. The highest BCUT2D eigenvalue weighted by Crippen LogP contribution is 2.69. The number of hydrogen-bond acceptors (Lipinski definition) is 4. The Hall–Kier alpha value is -3.68. The van der Waals surface area contributed by atoms with Crippen LogP contribution < -0.4 is 5.32 Å². The number of carbonyl (C=O) groups is 4. The molecule has 3 amide bonds. The number of alkyl halides is 2. The lowest BCUT2D eigenvalue weighted by Crippen LogP contribution is -2.57. The van der Waals surface area contributed by atoms with Crippen molar-refractivity contribution in [2.45, 2.75) is 22.7 Å². The Bertz CT molecular complexity index is 1410. The summed E-state index contributed by atoms with van der Waals surface area (Å²) in [4.78, 5) is 50.7. The topological polar surface area (TPSA) is 104 Å². The number of imide groups is 1. The van der Waals surface area contributed by atoms with Crippen LogP contribution in [0, 0.1) is 11.8 Å². The fourth-order valence-corrected chi connectivity index (χ4v) is 7.26. The number of nitrogens with zero attached hydrogens (tertiary/aromatic N) is 1. The molecule has 1 heterocycles. The van der Waals surface area contributed by atoms with Crippen molar-refractivity contribution in [1.29, 1.82) is 0 Å². The van der Waals surface area contributed by atoms with Crippen LogP contribution >= 0.6 is 23.2 Å². The van der Waals surface area contributed by atoms with E-state index in [9.17, 15) is 24.3 Å². The van der Waals surface area contributed by atoms with Crippen LogP contribution in [-0.4, -0.2) is 39.7 Å². The summed E-state index contributed by atoms with van der Waals surface area (Å²) in [6.07, 6.45) is 0. The Kier molecular flexibility index (Phi) is 5.07. The third-order valence-electron chi connectivity index (χ3n) is 7.76. The molecule has 1 saturated heterocycles. The van der Waals surface area contributed by atoms with E-state index < -0.39 is 51.3 Å². The monoisotopic (exact) mass is 534 g/mol. The number of nitrogens with one attached hydrogen (secondary N) is 1. The standard InChI is InChI=1S/C28H20Cl2N2O5/c1-14(23(33)31-16-8-6-7-15(13-16)26(36)37)32-24(34)21-22(25(32)35)28(30)18-10-3-2-9-17(18)27(21,29)19-11-4-5-12-20(19)28/h2-14,21-22H,1H3,(H,31,33)(H,36,37)/t14-,21-,22+,27?,28?/m0/s1. The van der Waals surface area contributed by atoms with E-state index in [0.717, 1.165) is 4.90 Å². The zero-order valence-corrected chi connectivity index (χ0v) is 21.0. The van der Waals surface area contributed by atoms with Gasteiger partial charge in [0.2, 0.25) is 17.7 Å². The average molecular weight is 535 g/mol. The summed E-state index contributed by atoms with van der Waals surface area (Å²) in [5.74, 6) is -4.93. The molecule has 3 aromatic carbocycles. The number of benzene rings is 3. The first-order valence-electron chi connectivity index (χ1n) is 11.7. The smallest absolute Gasteiger partial charge is 0.335 e. The second-order valence-electron chi connectivity index (χ2n) is 9.57. The summed E-state index contributed by atoms with van der Waals surface area (Å²) in [6.45, 7) is 1.45. The lowest BCUT2D eigenvalue weighted by Gasteiger charge is -2.54. The minimum atomic E-state index is -1.33. The Balaban J connectivity index is 1.42. The maximum atomic E-state index is 14.0. The van der Waals surface area contributed by atoms with Gasteiger partial charge in [-0.15, -0.1) is 23.2 Å². The quantitative estimate of drug-likeness (QED) is 0.383. The third-order valence-corrected chi connectivity index (χ3v) is 9.05. The highest BCUT2D eigenvalue weighted by Gasteiger charge is 2.73. The molecule has 0 saturated carbocycles. The molecule has 186 valence electrons. The number of likely N-dealkylation sites (tertiary alicyclic amines) is 1. The molecular weight excluding hydrogens is 515 g/mol. The zero-order valence-electron chi connectivity index (χ0n) is 19.4. The molecular formula is C28H20Cl2N2O5. The molecule has 1 aliphatic heterocycles. The van der Waals surface area contributed by atoms with Gasteiger partial charge in [0, 0.05) is 5.69 Å². The van der Waals surface area contributed by atoms with Crippen molar-refractivity contribution < 1.29 is 24.3 Å². The predicted molar refractivity (Wildman–Crippen MR) is 136 cm³/mol. The van der Waals surface area contributed by atoms with Crippen LogP contribution in [0.1, 0.15) is 39.5 Å². The zero-order chi connectivity index (χ0) is 26.3. The molecule has 9 heteroatoms. The van der Waals surface area contributed by atoms with Crippen molar-refractivity contribution in [2.24, 2.45) is 11.8 Å². The lowest BCUT2D eigenvalue weighted by atomic mass is 9.54. The lowest BCUT2D eigenvalue weighted by molar-refractivity contribution is -0.146. The molecule has 1 fully saturated rings. The molecule has 4 aliphatic rings. The number of hydrogen-bond donors (Lipinski definition) is 2. The molecule has 0 aromatic heterocycles. The van der Waals surface area contributed by atoms with Crippen molar-refractivity contribution in [3.63, 3.8) is 0 Å². The van der Waals surface area contributed by atoms with Gasteiger partial charge in [-0.3, -0.25) is 19.3 Å². The Morgan fingerprint density at radius 2 is 1.30 bits per heavy atom. The number of halogens is 2. The molecule has 7 rings (SSSR count). The third kappa shape index (κ3) is 2.95. The van der Waals surface area contributed by atoms with Crippen LogP contribution in [0.4, 0.5) is 5.69 Å². The maximum Gasteiger partial charge on any atom is 0.335 e.